The molecule has 1 spiro atoms. The number of hydrogen-bond acceptors (Lipinski definition) is 6. The van der Waals surface area contributed by atoms with Crippen LogP contribution in [0.2, 0.25) is 0 Å². The zero-order chi connectivity index (χ0) is 17.9. The van der Waals surface area contributed by atoms with E-state index in [4.69, 9.17) is 10.5 Å². The van der Waals surface area contributed by atoms with Gasteiger partial charge >= 0.3 is 0 Å². The van der Waals surface area contributed by atoms with E-state index >= 15 is 0 Å². The molecule has 3 N–H and O–H groups in total. The van der Waals surface area contributed by atoms with Crippen LogP contribution in [0.1, 0.15) is 37.7 Å². The minimum absolute atomic E-state index is 0.0977. The Balaban J connectivity index is 1.30. The van der Waals surface area contributed by atoms with E-state index in [0.29, 0.717) is 23.6 Å². The van der Waals surface area contributed by atoms with Crippen molar-refractivity contribution in [3.63, 3.8) is 0 Å². The second kappa shape index (κ2) is 5.81. The fraction of sp³-hybridized carbons (Fsp3) is 0.737. The fourth-order valence-electron chi connectivity index (χ4n) is 5.25. The molecule has 1 aliphatic carbocycles. The maximum absolute atomic E-state index is 12.2. The Labute approximate surface area is 153 Å². The molecule has 1 aromatic heterocycles. The lowest BCUT2D eigenvalue weighted by Gasteiger charge is -2.30. The molecule has 7 nitrogen and oxygen atoms in total. The van der Waals surface area contributed by atoms with Crippen LogP contribution in [0.25, 0.3) is 0 Å². The predicted molar refractivity (Wildman–Crippen MR) is 97.6 cm³/mol. The minimum atomic E-state index is -0.0977. The fourth-order valence-corrected chi connectivity index (χ4v) is 5.25. The van der Waals surface area contributed by atoms with Gasteiger partial charge in [-0.25, -0.2) is 4.98 Å². The number of nitrogens with zero attached hydrogens (tertiary/aromatic N) is 3. The first-order chi connectivity index (χ1) is 12.6. The van der Waals surface area contributed by atoms with Crippen LogP contribution in [0.5, 0.6) is 0 Å². The number of hydrogen-bond donors (Lipinski definition) is 2. The molecule has 4 heterocycles. The number of rotatable bonds is 4. The summed E-state index contributed by atoms with van der Waals surface area (Å²) in [6.07, 6.45) is 7.53. The van der Waals surface area contributed by atoms with E-state index in [9.17, 15) is 4.79 Å². The summed E-state index contributed by atoms with van der Waals surface area (Å²) in [5.41, 5.74) is 6.78. The van der Waals surface area contributed by atoms with Gasteiger partial charge in [0.25, 0.3) is 0 Å². The van der Waals surface area contributed by atoms with Crippen LogP contribution in [0.3, 0.4) is 0 Å². The van der Waals surface area contributed by atoms with Gasteiger partial charge in [0, 0.05) is 42.6 Å². The van der Waals surface area contributed by atoms with E-state index in [1.54, 1.807) is 6.20 Å². The number of ether oxygens (including phenoxy) is 1. The van der Waals surface area contributed by atoms with Crippen molar-refractivity contribution in [2.75, 3.05) is 30.3 Å². The molecule has 7 heteroatoms. The number of nitrogen functional groups attached to an aromatic ring is 1. The predicted octanol–water partition coefficient (Wildman–Crippen LogP) is 1.27. The van der Waals surface area contributed by atoms with Crippen LogP contribution in [-0.4, -0.2) is 47.2 Å². The van der Waals surface area contributed by atoms with E-state index in [-0.39, 0.29) is 23.5 Å². The molecule has 2 bridgehead atoms. The van der Waals surface area contributed by atoms with Gasteiger partial charge in [-0.1, -0.05) is 6.42 Å². The van der Waals surface area contributed by atoms with Crippen molar-refractivity contribution in [2.24, 2.45) is 17.8 Å². The van der Waals surface area contributed by atoms with Crippen molar-refractivity contribution >= 4 is 17.7 Å². The van der Waals surface area contributed by atoms with Gasteiger partial charge in [-0.15, -0.1) is 0 Å². The normalized spacial score (nSPS) is 35.4. The first-order valence-corrected chi connectivity index (χ1v) is 9.85. The quantitative estimate of drug-likeness (QED) is 0.843. The molecule has 3 saturated heterocycles. The number of fused-ring (bicyclic) bond motifs is 1. The van der Waals surface area contributed by atoms with Gasteiger partial charge in [0.2, 0.25) is 11.9 Å². The van der Waals surface area contributed by atoms with E-state index in [0.717, 1.165) is 50.9 Å². The molecule has 0 unspecified atom stereocenters. The molecule has 3 aliphatic heterocycles. The molecule has 0 radical (unpaired) electrons. The minimum Gasteiger partial charge on any atom is -0.383 e. The number of nitrogens with one attached hydrogen (secondary N) is 1. The zero-order valence-corrected chi connectivity index (χ0v) is 15.3. The van der Waals surface area contributed by atoms with Crippen molar-refractivity contribution in [1.82, 2.24) is 15.3 Å². The van der Waals surface area contributed by atoms with Crippen molar-refractivity contribution in [1.29, 1.82) is 0 Å². The molecule has 1 saturated carbocycles. The molecule has 4 atom stereocenters. The molecule has 26 heavy (non-hydrogen) atoms. The first kappa shape index (κ1) is 16.3. The maximum atomic E-state index is 12.2. The van der Waals surface area contributed by atoms with Crippen molar-refractivity contribution in [3.05, 3.63) is 11.8 Å². The summed E-state index contributed by atoms with van der Waals surface area (Å²) in [6.45, 7) is 4.35. The highest BCUT2D eigenvalue weighted by Crippen LogP contribution is 2.55. The topological polar surface area (TPSA) is 93.4 Å². The Morgan fingerprint density at radius 1 is 1.46 bits per heavy atom. The number of nitrogens with two attached hydrogens (primary N) is 1. The van der Waals surface area contributed by atoms with Gasteiger partial charge in [-0.2, -0.15) is 4.98 Å². The highest BCUT2D eigenvalue weighted by Gasteiger charge is 2.63. The van der Waals surface area contributed by atoms with Gasteiger partial charge < -0.3 is 20.7 Å². The van der Waals surface area contributed by atoms with Crippen LogP contribution < -0.4 is 16.0 Å². The number of carbonyl (C=O) groups is 1. The van der Waals surface area contributed by atoms with Crippen molar-refractivity contribution < 1.29 is 9.53 Å². The second-order valence-corrected chi connectivity index (χ2v) is 8.52. The summed E-state index contributed by atoms with van der Waals surface area (Å²) < 4.78 is 6.46. The number of amides is 1. The van der Waals surface area contributed by atoms with Gasteiger partial charge in [0.1, 0.15) is 5.82 Å². The Hall–Kier alpha value is -1.89. The summed E-state index contributed by atoms with van der Waals surface area (Å²) >= 11 is 0. The van der Waals surface area contributed by atoms with Gasteiger partial charge in [0.15, 0.2) is 0 Å². The zero-order valence-electron chi connectivity index (χ0n) is 15.3. The molecular formula is C19H27N5O2. The number of aryl methyl sites for hydroxylation is 1. The van der Waals surface area contributed by atoms with Gasteiger partial charge in [-0.3, -0.25) is 4.79 Å². The SMILES string of the molecule is Cc1cnc(N2C[C@@H]3[C@H](CNC(=O)C4CCC4)[C@H]4CC[C@]3(C2)O4)nc1N. The third kappa shape index (κ3) is 2.40. The van der Waals surface area contributed by atoms with E-state index in [1.165, 1.54) is 6.42 Å². The molecule has 4 fully saturated rings. The molecule has 140 valence electrons. The molecule has 5 rings (SSSR count). The largest absolute Gasteiger partial charge is 0.383 e. The standard InChI is InChI=1S/C19H27N5O2/c1-11-7-22-18(23-16(11)20)24-9-14-13(8-21-17(25)12-3-2-4-12)15-5-6-19(14,10-24)26-15/h7,12-15H,2-6,8-10H2,1H3,(H,21,25)(H2,20,22,23)/t13-,14+,15+,19+/m0/s1. The summed E-state index contributed by atoms with van der Waals surface area (Å²) in [5.74, 6) is 2.53. The summed E-state index contributed by atoms with van der Waals surface area (Å²) in [5, 5.41) is 3.20. The molecular weight excluding hydrogens is 330 g/mol. The Kier molecular flexibility index (Phi) is 3.64. The van der Waals surface area contributed by atoms with Crippen LogP contribution in [0, 0.1) is 24.7 Å². The lowest BCUT2D eigenvalue weighted by molar-refractivity contribution is -0.127. The van der Waals surface area contributed by atoms with E-state index < -0.39 is 0 Å². The van der Waals surface area contributed by atoms with Crippen LogP contribution >= 0.6 is 0 Å². The van der Waals surface area contributed by atoms with Crippen LogP contribution in [0.15, 0.2) is 6.20 Å². The Bertz CT molecular complexity index is 737. The number of carbonyl (C=O) groups excluding carboxylic acids is 1. The molecule has 1 amide bonds. The third-order valence-corrected chi connectivity index (χ3v) is 7.05. The smallest absolute Gasteiger partial charge is 0.227 e. The highest BCUT2D eigenvalue weighted by molar-refractivity contribution is 5.79. The molecule has 4 aliphatic rings. The summed E-state index contributed by atoms with van der Waals surface area (Å²) in [4.78, 5) is 23.4. The Morgan fingerprint density at radius 3 is 3.04 bits per heavy atom. The molecule has 1 aromatic rings. The van der Waals surface area contributed by atoms with Gasteiger partial charge in [0.05, 0.1) is 18.2 Å². The van der Waals surface area contributed by atoms with Crippen molar-refractivity contribution in [3.8, 4) is 0 Å². The van der Waals surface area contributed by atoms with Crippen LogP contribution in [0.4, 0.5) is 11.8 Å². The first-order valence-electron chi connectivity index (χ1n) is 9.85. The third-order valence-electron chi connectivity index (χ3n) is 7.05. The van der Waals surface area contributed by atoms with Crippen molar-refractivity contribution in [2.45, 2.75) is 50.7 Å². The number of anilines is 2. The average molecular weight is 357 g/mol. The van der Waals surface area contributed by atoms with Crippen LogP contribution in [-0.2, 0) is 9.53 Å². The Morgan fingerprint density at radius 2 is 2.31 bits per heavy atom. The van der Waals surface area contributed by atoms with Gasteiger partial charge in [-0.05, 0) is 32.6 Å². The number of aromatic nitrogens is 2. The highest BCUT2D eigenvalue weighted by atomic mass is 16.5. The lowest BCUT2D eigenvalue weighted by Crippen LogP contribution is -2.44. The summed E-state index contributed by atoms with van der Waals surface area (Å²) in [7, 11) is 0. The molecule has 0 aromatic carbocycles. The lowest BCUT2D eigenvalue weighted by atomic mass is 9.73. The summed E-state index contributed by atoms with van der Waals surface area (Å²) in [6, 6.07) is 0. The average Bonchev–Trinajstić information content (AvgIpc) is 3.22. The second-order valence-electron chi connectivity index (χ2n) is 8.52. The maximum Gasteiger partial charge on any atom is 0.227 e. The van der Waals surface area contributed by atoms with E-state index in [1.807, 2.05) is 6.92 Å². The monoisotopic (exact) mass is 357 g/mol. The van der Waals surface area contributed by atoms with E-state index in [2.05, 4.69) is 20.2 Å².